The Balaban J connectivity index is 3.14. The number of aliphatic hydroxyl groups is 2. The van der Waals surface area contributed by atoms with Gasteiger partial charge in [-0.2, -0.15) is 0 Å². The van der Waals surface area contributed by atoms with Crippen LogP contribution in [0.3, 0.4) is 0 Å². The van der Waals surface area contributed by atoms with Gasteiger partial charge < -0.3 is 10.2 Å². The zero-order valence-corrected chi connectivity index (χ0v) is 13.4. The highest BCUT2D eigenvalue weighted by Crippen LogP contribution is 2.26. The Bertz CT molecular complexity index is 537. The van der Waals surface area contributed by atoms with Crippen LogP contribution in [-0.2, 0) is 10.0 Å². The van der Waals surface area contributed by atoms with Gasteiger partial charge in [0.1, 0.15) is 0 Å². The number of nitrogens with one attached hydrogen (secondary N) is 1. The zero-order chi connectivity index (χ0) is 14.7. The standard InChI is InChI=1S/C11H15BrClNO4S/c1-2-11(6-15,7-16)14-19(17,18)8-3-4-10(13)9(12)5-8/h3-5,14-16H,2,6-7H2,1H3. The molecule has 0 unspecified atom stereocenters. The number of hydrogen-bond donors (Lipinski definition) is 3. The van der Waals surface area contributed by atoms with Crippen molar-refractivity contribution < 1.29 is 18.6 Å². The molecular formula is C11H15BrClNO4S. The lowest BCUT2D eigenvalue weighted by Crippen LogP contribution is -2.53. The molecule has 19 heavy (non-hydrogen) atoms. The number of sulfonamides is 1. The number of benzene rings is 1. The molecule has 1 aromatic carbocycles. The lowest BCUT2D eigenvalue weighted by molar-refractivity contribution is 0.105. The summed E-state index contributed by atoms with van der Waals surface area (Å²) in [5.41, 5.74) is -1.27. The molecule has 0 bridgehead atoms. The van der Waals surface area contributed by atoms with Crippen molar-refractivity contribution >= 4 is 37.6 Å². The SMILES string of the molecule is CCC(CO)(CO)NS(=O)(=O)c1ccc(Cl)c(Br)c1. The highest BCUT2D eigenvalue weighted by molar-refractivity contribution is 9.10. The van der Waals surface area contributed by atoms with E-state index >= 15 is 0 Å². The molecule has 0 saturated heterocycles. The maximum absolute atomic E-state index is 12.2. The summed E-state index contributed by atoms with van der Waals surface area (Å²) in [5.74, 6) is 0. The van der Waals surface area contributed by atoms with E-state index < -0.39 is 28.8 Å². The third-order valence-corrected chi connectivity index (χ3v) is 5.62. The smallest absolute Gasteiger partial charge is 0.241 e. The van der Waals surface area contributed by atoms with Crippen LogP contribution in [-0.4, -0.2) is 37.4 Å². The van der Waals surface area contributed by atoms with Gasteiger partial charge in [-0.05, 0) is 40.5 Å². The van der Waals surface area contributed by atoms with Crippen LogP contribution >= 0.6 is 27.5 Å². The van der Waals surface area contributed by atoms with E-state index in [4.69, 9.17) is 11.6 Å². The summed E-state index contributed by atoms with van der Waals surface area (Å²) in [6, 6.07) is 4.16. The zero-order valence-electron chi connectivity index (χ0n) is 10.2. The lowest BCUT2D eigenvalue weighted by atomic mass is 10.0. The second kappa shape index (κ2) is 6.51. The molecule has 0 fully saturated rings. The van der Waals surface area contributed by atoms with Crippen molar-refractivity contribution in [2.24, 2.45) is 0 Å². The number of aliphatic hydroxyl groups excluding tert-OH is 2. The molecule has 0 heterocycles. The van der Waals surface area contributed by atoms with Gasteiger partial charge in [-0.3, -0.25) is 0 Å². The largest absolute Gasteiger partial charge is 0.394 e. The van der Waals surface area contributed by atoms with E-state index in [1.165, 1.54) is 18.2 Å². The van der Waals surface area contributed by atoms with Crippen LogP contribution < -0.4 is 4.72 Å². The van der Waals surface area contributed by atoms with E-state index in [-0.39, 0.29) is 11.3 Å². The minimum atomic E-state index is -3.85. The molecule has 0 amide bonds. The third kappa shape index (κ3) is 3.90. The molecule has 0 aliphatic heterocycles. The van der Waals surface area contributed by atoms with Crippen LogP contribution in [0.15, 0.2) is 27.6 Å². The van der Waals surface area contributed by atoms with Crippen LogP contribution in [0, 0.1) is 0 Å². The summed E-state index contributed by atoms with van der Waals surface area (Å²) in [7, 11) is -3.85. The van der Waals surface area contributed by atoms with Crippen LogP contribution in [0.5, 0.6) is 0 Å². The van der Waals surface area contributed by atoms with Crippen molar-refractivity contribution in [1.29, 1.82) is 0 Å². The average Bonchev–Trinajstić information content (AvgIpc) is 2.39. The first-order valence-electron chi connectivity index (χ1n) is 5.51. The fourth-order valence-corrected chi connectivity index (χ4v) is 3.53. The van der Waals surface area contributed by atoms with Crippen molar-refractivity contribution in [2.45, 2.75) is 23.8 Å². The Labute approximate surface area is 125 Å². The molecule has 3 N–H and O–H groups in total. The lowest BCUT2D eigenvalue weighted by Gasteiger charge is -2.29. The van der Waals surface area contributed by atoms with Crippen LogP contribution in [0.4, 0.5) is 0 Å². The second-order valence-electron chi connectivity index (χ2n) is 4.13. The summed E-state index contributed by atoms with van der Waals surface area (Å²) in [6.07, 6.45) is 0.258. The molecule has 8 heteroatoms. The fourth-order valence-electron chi connectivity index (χ4n) is 1.40. The fraction of sp³-hybridized carbons (Fsp3) is 0.455. The summed E-state index contributed by atoms with van der Waals surface area (Å²) in [6.45, 7) is 0.689. The van der Waals surface area contributed by atoms with Gasteiger partial charge in [0.15, 0.2) is 0 Å². The van der Waals surface area contributed by atoms with Crippen LogP contribution in [0.1, 0.15) is 13.3 Å². The molecular weight excluding hydrogens is 358 g/mol. The highest BCUT2D eigenvalue weighted by Gasteiger charge is 2.32. The first-order chi connectivity index (χ1) is 8.80. The van der Waals surface area contributed by atoms with Crippen LogP contribution in [0.25, 0.3) is 0 Å². The van der Waals surface area contributed by atoms with E-state index in [1.54, 1.807) is 6.92 Å². The number of rotatable bonds is 6. The molecule has 1 aromatic rings. The molecule has 0 saturated carbocycles. The Hall–Kier alpha value is -0.180. The predicted octanol–water partition coefficient (Wildman–Crippen LogP) is 1.51. The van der Waals surface area contributed by atoms with Gasteiger partial charge in [0.25, 0.3) is 0 Å². The van der Waals surface area contributed by atoms with Gasteiger partial charge in [-0.25, -0.2) is 13.1 Å². The number of halogens is 2. The Kier molecular flexibility index (Phi) is 5.78. The van der Waals surface area contributed by atoms with E-state index in [0.717, 1.165) is 0 Å². The van der Waals surface area contributed by atoms with E-state index in [0.29, 0.717) is 9.50 Å². The predicted molar refractivity (Wildman–Crippen MR) is 76.7 cm³/mol. The van der Waals surface area contributed by atoms with Crippen molar-refractivity contribution in [3.05, 3.63) is 27.7 Å². The average molecular weight is 373 g/mol. The molecule has 108 valence electrons. The van der Waals surface area contributed by atoms with Crippen molar-refractivity contribution in [3.63, 3.8) is 0 Å². The minimum absolute atomic E-state index is 0.00324. The molecule has 0 aliphatic carbocycles. The van der Waals surface area contributed by atoms with Crippen molar-refractivity contribution in [3.8, 4) is 0 Å². The molecule has 0 spiro atoms. The Morgan fingerprint density at radius 3 is 2.37 bits per heavy atom. The van der Waals surface area contributed by atoms with Crippen LogP contribution in [0.2, 0.25) is 5.02 Å². The first-order valence-corrected chi connectivity index (χ1v) is 8.16. The number of hydrogen-bond acceptors (Lipinski definition) is 4. The normalized spacial score (nSPS) is 12.7. The third-order valence-electron chi connectivity index (χ3n) is 2.83. The molecule has 0 aliphatic rings. The topological polar surface area (TPSA) is 86.6 Å². The summed E-state index contributed by atoms with van der Waals surface area (Å²) in [5, 5.41) is 18.9. The highest BCUT2D eigenvalue weighted by atomic mass is 79.9. The monoisotopic (exact) mass is 371 g/mol. The molecule has 1 rings (SSSR count). The quantitative estimate of drug-likeness (QED) is 0.706. The first kappa shape index (κ1) is 16.9. The van der Waals surface area contributed by atoms with E-state index in [2.05, 4.69) is 20.7 Å². The van der Waals surface area contributed by atoms with Crippen molar-refractivity contribution in [1.82, 2.24) is 4.72 Å². The molecule has 5 nitrogen and oxygen atoms in total. The van der Waals surface area contributed by atoms with Gasteiger partial charge in [0.2, 0.25) is 10.0 Å². The molecule has 0 aromatic heterocycles. The Morgan fingerprint density at radius 2 is 1.95 bits per heavy atom. The minimum Gasteiger partial charge on any atom is -0.394 e. The summed E-state index contributed by atoms with van der Waals surface area (Å²) >= 11 is 8.95. The van der Waals surface area contributed by atoms with Gasteiger partial charge >= 0.3 is 0 Å². The molecule has 0 radical (unpaired) electrons. The maximum Gasteiger partial charge on any atom is 0.241 e. The summed E-state index contributed by atoms with van der Waals surface area (Å²) in [4.78, 5) is 0.00324. The van der Waals surface area contributed by atoms with Gasteiger partial charge in [-0.15, -0.1) is 0 Å². The molecule has 0 atom stereocenters. The second-order valence-corrected chi connectivity index (χ2v) is 7.08. The van der Waals surface area contributed by atoms with Gasteiger partial charge in [0, 0.05) is 4.47 Å². The van der Waals surface area contributed by atoms with E-state index in [9.17, 15) is 18.6 Å². The maximum atomic E-state index is 12.2. The van der Waals surface area contributed by atoms with E-state index in [1.807, 2.05) is 0 Å². The van der Waals surface area contributed by atoms with Gasteiger partial charge in [0.05, 0.1) is 28.7 Å². The van der Waals surface area contributed by atoms with Crippen molar-refractivity contribution in [2.75, 3.05) is 13.2 Å². The van der Waals surface area contributed by atoms with Gasteiger partial charge in [-0.1, -0.05) is 18.5 Å². The summed E-state index contributed by atoms with van der Waals surface area (Å²) < 4.78 is 27.2. The Morgan fingerprint density at radius 1 is 1.37 bits per heavy atom.